The largest absolute Gasteiger partial charge is 0.451 e. The van der Waals surface area contributed by atoms with E-state index in [-0.39, 0.29) is 5.78 Å². The number of esters is 1. The van der Waals surface area contributed by atoms with Crippen molar-refractivity contribution in [2.45, 2.75) is 26.9 Å². The van der Waals surface area contributed by atoms with Gasteiger partial charge in [0.25, 0.3) is 0 Å². The van der Waals surface area contributed by atoms with Crippen LogP contribution in [0.25, 0.3) is 10.9 Å². The second-order valence-electron chi connectivity index (χ2n) is 5.95. The highest BCUT2D eigenvalue weighted by Gasteiger charge is 2.24. The van der Waals surface area contributed by atoms with E-state index in [4.69, 9.17) is 4.74 Å². The van der Waals surface area contributed by atoms with Crippen LogP contribution in [0.3, 0.4) is 0 Å². The van der Waals surface area contributed by atoms with E-state index in [1.807, 2.05) is 44.2 Å². The van der Waals surface area contributed by atoms with E-state index in [1.165, 1.54) is 0 Å². The van der Waals surface area contributed by atoms with E-state index in [0.717, 1.165) is 22.2 Å². The summed E-state index contributed by atoms with van der Waals surface area (Å²) < 4.78 is 5.38. The molecule has 0 spiro atoms. The number of ketones is 1. The summed E-state index contributed by atoms with van der Waals surface area (Å²) in [4.78, 5) is 28.2. The summed E-state index contributed by atoms with van der Waals surface area (Å²) in [6.07, 6.45) is -0.851. The Bertz CT molecular complexity index is 924. The van der Waals surface area contributed by atoms with Crippen LogP contribution >= 0.6 is 0 Å². The maximum atomic E-state index is 12.8. The van der Waals surface area contributed by atoms with Crippen molar-refractivity contribution in [1.29, 1.82) is 0 Å². The van der Waals surface area contributed by atoms with Gasteiger partial charge >= 0.3 is 5.97 Å². The fourth-order valence-corrected chi connectivity index (χ4v) is 2.85. The smallest absolute Gasteiger partial charge is 0.338 e. The zero-order chi connectivity index (χ0) is 17.3. The summed E-state index contributed by atoms with van der Waals surface area (Å²) in [5.41, 5.74) is 3.67. The number of rotatable bonds is 4. The Morgan fingerprint density at radius 1 is 1.04 bits per heavy atom. The van der Waals surface area contributed by atoms with Gasteiger partial charge in [-0.3, -0.25) is 4.79 Å². The summed E-state index contributed by atoms with van der Waals surface area (Å²) in [6.45, 7) is 5.36. The molecular formula is C20H19NO3. The average molecular weight is 321 g/mol. The van der Waals surface area contributed by atoms with Crippen molar-refractivity contribution in [3.63, 3.8) is 0 Å². The van der Waals surface area contributed by atoms with E-state index in [2.05, 4.69) is 4.98 Å². The van der Waals surface area contributed by atoms with Crippen LogP contribution in [0.1, 0.15) is 38.9 Å². The number of hydrogen-bond acceptors (Lipinski definition) is 3. The number of aromatic nitrogens is 1. The van der Waals surface area contributed by atoms with Crippen LogP contribution in [0.2, 0.25) is 0 Å². The van der Waals surface area contributed by atoms with Gasteiger partial charge in [0.15, 0.2) is 6.10 Å². The maximum Gasteiger partial charge on any atom is 0.338 e. The van der Waals surface area contributed by atoms with Crippen molar-refractivity contribution in [3.05, 3.63) is 70.9 Å². The number of benzene rings is 2. The van der Waals surface area contributed by atoms with Crippen molar-refractivity contribution in [1.82, 2.24) is 4.98 Å². The van der Waals surface area contributed by atoms with Crippen LogP contribution in [0, 0.1) is 13.8 Å². The molecule has 1 N–H and O–H groups in total. The molecule has 0 aliphatic carbocycles. The number of hydrogen-bond donors (Lipinski definition) is 1. The zero-order valence-electron chi connectivity index (χ0n) is 13.9. The third kappa shape index (κ3) is 2.95. The van der Waals surface area contributed by atoms with Crippen LogP contribution in [0.15, 0.2) is 48.5 Å². The zero-order valence-corrected chi connectivity index (χ0v) is 13.9. The number of para-hydroxylation sites is 1. The molecule has 122 valence electrons. The van der Waals surface area contributed by atoms with E-state index >= 15 is 0 Å². The lowest BCUT2D eigenvalue weighted by atomic mass is 10.0. The van der Waals surface area contributed by atoms with Gasteiger partial charge in [0.2, 0.25) is 5.78 Å². The van der Waals surface area contributed by atoms with E-state index in [0.29, 0.717) is 11.1 Å². The molecule has 0 unspecified atom stereocenters. The second-order valence-corrected chi connectivity index (χ2v) is 5.95. The molecule has 0 amide bonds. The monoisotopic (exact) mass is 321 g/mol. The predicted molar refractivity (Wildman–Crippen MR) is 93.4 cm³/mol. The quantitative estimate of drug-likeness (QED) is 0.578. The molecule has 1 aromatic heterocycles. The van der Waals surface area contributed by atoms with E-state index in [9.17, 15) is 9.59 Å². The van der Waals surface area contributed by atoms with Crippen molar-refractivity contribution < 1.29 is 14.3 Å². The molecule has 3 rings (SSSR count). The normalized spacial score (nSPS) is 12.1. The number of aromatic amines is 1. The van der Waals surface area contributed by atoms with Gasteiger partial charge in [-0.2, -0.15) is 0 Å². The summed E-state index contributed by atoms with van der Waals surface area (Å²) >= 11 is 0. The van der Waals surface area contributed by atoms with Gasteiger partial charge in [0, 0.05) is 22.2 Å². The van der Waals surface area contributed by atoms with Crippen LogP contribution in [-0.4, -0.2) is 22.8 Å². The molecule has 0 bridgehead atoms. The Morgan fingerprint density at radius 2 is 1.79 bits per heavy atom. The number of nitrogens with one attached hydrogen (secondary N) is 1. The summed E-state index contributed by atoms with van der Waals surface area (Å²) in [5, 5.41) is 0.846. The van der Waals surface area contributed by atoms with Gasteiger partial charge < -0.3 is 9.72 Å². The second kappa shape index (κ2) is 6.32. The highest BCUT2D eigenvalue weighted by molar-refractivity contribution is 6.11. The van der Waals surface area contributed by atoms with Crippen molar-refractivity contribution in [2.24, 2.45) is 0 Å². The first-order chi connectivity index (χ1) is 11.5. The minimum absolute atomic E-state index is 0.203. The van der Waals surface area contributed by atoms with Gasteiger partial charge in [-0.25, -0.2) is 4.79 Å². The number of carbonyl (C=O) groups is 2. The fraction of sp³-hybridized carbons (Fsp3) is 0.200. The molecule has 2 aromatic carbocycles. The van der Waals surface area contributed by atoms with Crippen molar-refractivity contribution >= 4 is 22.7 Å². The summed E-state index contributed by atoms with van der Waals surface area (Å²) in [6, 6.07) is 14.7. The molecule has 0 fully saturated rings. The van der Waals surface area contributed by atoms with E-state index < -0.39 is 12.1 Å². The topological polar surface area (TPSA) is 59.2 Å². The molecule has 0 radical (unpaired) electrons. The predicted octanol–water partition coefficient (Wildman–Crippen LogP) is 4.21. The lowest BCUT2D eigenvalue weighted by Crippen LogP contribution is -2.25. The average Bonchev–Trinajstić information content (AvgIpc) is 2.89. The minimum Gasteiger partial charge on any atom is -0.451 e. The Hall–Kier alpha value is -2.88. The van der Waals surface area contributed by atoms with Crippen LogP contribution in [0.5, 0.6) is 0 Å². The number of H-pyrrole nitrogens is 1. The fourth-order valence-electron chi connectivity index (χ4n) is 2.85. The van der Waals surface area contributed by atoms with E-state index in [1.54, 1.807) is 25.1 Å². The maximum absolute atomic E-state index is 12.8. The highest BCUT2D eigenvalue weighted by atomic mass is 16.5. The Kier molecular flexibility index (Phi) is 4.21. The van der Waals surface area contributed by atoms with Gasteiger partial charge in [0.1, 0.15) is 0 Å². The number of fused-ring (bicyclic) bond motifs is 1. The highest BCUT2D eigenvalue weighted by Crippen LogP contribution is 2.24. The van der Waals surface area contributed by atoms with Crippen LogP contribution in [-0.2, 0) is 4.74 Å². The lowest BCUT2D eigenvalue weighted by molar-refractivity contribution is 0.0319. The molecular weight excluding hydrogens is 302 g/mol. The first kappa shape index (κ1) is 16.0. The molecule has 4 heteroatoms. The van der Waals surface area contributed by atoms with Gasteiger partial charge in [-0.05, 0) is 39.0 Å². The third-order valence-electron chi connectivity index (χ3n) is 4.05. The van der Waals surface area contributed by atoms with Gasteiger partial charge in [0.05, 0.1) is 5.56 Å². The molecule has 3 aromatic rings. The van der Waals surface area contributed by atoms with Crippen LogP contribution in [0.4, 0.5) is 0 Å². The van der Waals surface area contributed by atoms with Gasteiger partial charge in [-0.1, -0.05) is 35.9 Å². The summed E-state index contributed by atoms with van der Waals surface area (Å²) in [5.74, 6) is -0.692. The number of Topliss-reactive ketones (excluding diaryl/α,β-unsaturated/α-hetero) is 1. The molecule has 1 heterocycles. The van der Waals surface area contributed by atoms with Crippen molar-refractivity contribution in [2.75, 3.05) is 0 Å². The molecule has 0 aliphatic rings. The Balaban J connectivity index is 1.84. The minimum atomic E-state index is -0.851. The molecule has 1 atom stereocenters. The van der Waals surface area contributed by atoms with Crippen molar-refractivity contribution in [3.8, 4) is 0 Å². The number of ether oxygens (including phenoxy) is 1. The Labute approximate surface area is 140 Å². The molecule has 24 heavy (non-hydrogen) atoms. The van der Waals surface area contributed by atoms with Gasteiger partial charge in [-0.15, -0.1) is 0 Å². The number of aryl methyl sites for hydroxylation is 2. The standard InChI is InChI=1S/C20H19NO3/c1-12-7-6-8-15(11-12)20(23)24-14(3)19(22)18-13(2)21-17-10-5-4-9-16(17)18/h4-11,14,21H,1-3H3/t14-/m0/s1. The molecule has 4 nitrogen and oxygen atoms in total. The van der Waals surface area contributed by atoms with Crippen LogP contribution < -0.4 is 0 Å². The third-order valence-corrected chi connectivity index (χ3v) is 4.05. The Morgan fingerprint density at radius 3 is 2.54 bits per heavy atom. The first-order valence-electron chi connectivity index (χ1n) is 7.86. The lowest BCUT2D eigenvalue weighted by Gasteiger charge is -2.13. The SMILES string of the molecule is Cc1cccc(C(=O)O[C@@H](C)C(=O)c2c(C)[nH]c3ccccc23)c1. The summed E-state index contributed by atoms with van der Waals surface area (Å²) in [7, 11) is 0. The molecule has 0 aliphatic heterocycles. The molecule has 0 saturated heterocycles. The number of carbonyl (C=O) groups excluding carboxylic acids is 2. The molecule has 0 saturated carbocycles. The first-order valence-corrected chi connectivity index (χ1v) is 7.86.